The van der Waals surface area contributed by atoms with Gasteiger partial charge in [0.2, 0.25) is 5.75 Å². The smallest absolute Gasteiger partial charge is 0.311 e. The third-order valence-corrected chi connectivity index (χ3v) is 2.31. The molecule has 17 heavy (non-hydrogen) atoms. The number of hydrogen-bond acceptors (Lipinski definition) is 3. The number of para-hydroxylation sites is 2. The maximum Gasteiger partial charge on any atom is 0.311 e. The third-order valence-electron chi connectivity index (χ3n) is 2.31. The lowest BCUT2D eigenvalue weighted by Crippen LogP contribution is -1.92. The molecule has 0 saturated carbocycles. The summed E-state index contributed by atoms with van der Waals surface area (Å²) >= 11 is 0. The Hall–Kier alpha value is -2.36. The SMILES string of the molecule is Cc1ccc(Oc2ccccc2[N+](=O)[O-])cc1. The highest BCUT2D eigenvalue weighted by Gasteiger charge is 2.13. The first-order valence-corrected chi connectivity index (χ1v) is 5.15. The maximum atomic E-state index is 10.8. The minimum absolute atomic E-state index is 0.0342. The minimum Gasteiger partial charge on any atom is -0.450 e. The van der Waals surface area contributed by atoms with Gasteiger partial charge >= 0.3 is 5.69 Å². The van der Waals surface area contributed by atoms with Crippen LogP contribution in [0, 0.1) is 17.0 Å². The van der Waals surface area contributed by atoms with E-state index in [-0.39, 0.29) is 11.4 Å². The molecule has 2 rings (SSSR count). The molecular formula is C13H11NO3. The molecule has 0 atom stereocenters. The number of nitrogens with zero attached hydrogens (tertiary/aromatic N) is 1. The van der Waals surface area contributed by atoms with E-state index in [1.165, 1.54) is 6.07 Å². The zero-order chi connectivity index (χ0) is 12.3. The molecule has 0 aliphatic carbocycles. The van der Waals surface area contributed by atoms with Gasteiger partial charge in [-0.2, -0.15) is 0 Å². The van der Waals surface area contributed by atoms with Gasteiger partial charge in [0, 0.05) is 6.07 Å². The molecule has 0 aliphatic heterocycles. The highest BCUT2D eigenvalue weighted by atomic mass is 16.6. The average Bonchev–Trinajstić information content (AvgIpc) is 2.32. The fourth-order valence-corrected chi connectivity index (χ4v) is 1.43. The normalized spacial score (nSPS) is 9.94. The molecule has 0 bridgehead atoms. The van der Waals surface area contributed by atoms with Crippen LogP contribution in [0.25, 0.3) is 0 Å². The number of benzene rings is 2. The van der Waals surface area contributed by atoms with Crippen molar-refractivity contribution in [3.05, 3.63) is 64.2 Å². The van der Waals surface area contributed by atoms with Crippen LogP contribution in [-0.2, 0) is 0 Å². The number of hydrogen-bond donors (Lipinski definition) is 0. The largest absolute Gasteiger partial charge is 0.450 e. The Balaban J connectivity index is 2.30. The maximum absolute atomic E-state index is 10.8. The molecule has 0 saturated heterocycles. The molecule has 2 aromatic rings. The molecule has 0 radical (unpaired) electrons. The van der Waals surface area contributed by atoms with Gasteiger partial charge in [0.25, 0.3) is 0 Å². The first-order valence-electron chi connectivity index (χ1n) is 5.15. The lowest BCUT2D eigenvalue weighted by atomic mass is 10.2. The highest BCUT2D eigenvalue weighted by molar-refractivity contribution is 5.48. The second kappa shape index (κ2) is 4.65. The van der Waals surface area contributed by atoms with Crippen LogP contribution in [0.2, 0.25) is 0 Å². The van der Waals surface area contributed by atoms with Crippen LogP contribution < -0.4 is 4.74 Å². The zero-order valence-corrected chi connectivity index (χ0v) is 9.29. The standard InChI is InChI=1S/C13H11NO3/c1-10-6-8-11(9-7-10)17-13-5-3-2-4-12(13)14(15)16/h2-9H,1H3. The second-order valence-corrected chi connectivity index (χ2v) is 3.64. The quantitative estimate of drug-likeness (QED) is 0.595. The lowest BCUT2D eigenvalue weighted by molar-refractivity contribution is -0.385. The number of nitro benzene ring substituents is 1. The van der Waals surface area contributed by atoms with E-state index >= 15 is 0 Å². The van der Waals surface area contributed by atoms with Crippen molar-refractivity contribution in [1.82, 2.24) is 0 Å². The van der Waals surface area contributed by atoms with Crippen LogP contribution in [-0.4, -0.2) is 4.92 Å². The van der Waals surface area contributed by atoms with E-state index in [9.17, 15) is 10.1 Å². The van der Waals surface area contributed by atoms with Gasteiger partial charge in [-0.15, -0.1) is 0 Å². The van der Waals surface area contributed by atoms with Crippen LogP contribution in [0.1, 0.15) is 5.56 Å². The Morgan fingerprint density at radius 3 is 2.35 bits per heavy atom. The highest BCUT2D eigenvalue weighted by Crippen LogP contribution is 2.30. The molecule has 0 aromatic heterocycles. The summed E-state index contributed by atoms with van der Waals surface area (Å²) in [4.78, 5) is 10.3. The summed E-state index contributed by atoms with van der Waals surface area (Å²) in [5, 5.41) is 10.8. The Morgan fingerprint density at radius 2 is 1.71 bits per heavy atom. The van der Waals surface area contributed by atoms with Crippen LogP contribution in [0.4, 0.5) is 5.69 Å². The summed E-state index contributed by atoms with van der Waals surface area (Å²) in [5.74, 6) is 0.839. The summed E-state index contributed by atoms with van der Waals surface area (Å²) in [6.45, 7) is 1.97. The Bertz CT molecular complexity index is 535. The summed E-state index contributed by atoms with van der Waals surface area (Å²) in [6.07, 6.45) is 0. The molecule has 86 valence electrons. The van der Waals surface area contributed by atoms with Crippen LogP contribution in [0.5, 0.6) is 11.5 Å². The first kappa shape index (κ1) is 11.1. The van der Waals surface area contributed by atoms with Crippen molar-refractivity contribution >= 4 is 5.69 Å². The van der Waals surface area contributed by atoms with Crippen molar-refractivity contribution in [1.29, 1.82) is 0 Å². The lowest BCUT2D eigenvalue weighted by Gasteiger charge is -2.05. The number of aryl methyl sites for hydroxylation is 1. The zero-order valence-electron chi connectivity index (χ0n) is 9.29. The van der Waals surface area contributed by atoms with Gasteiger partial charge < -0.3 is 4.74 Å². The topological polar surface area (TPSA) is 52.4 Å². The molecule has 0 N–H and O–H groups in total. The predicted octanol–water partition coefficient (Wildman–Crippen LogP) is 3.70. The number of ether oxygens (including phenoxy) is 1. The van der Waals surface area contributed by atoms with E-state index in [1.54, 1.807) is 30.3 Å². The van der Waals surface area contributed by atoms with Crippen LogP contribution in [0.3, 0.4) is 0 Å². The van der Waals surface area contributed by atoms with Crippen LogP contribution in [0.15, 0.2) is 48.5 Å². The van der Waals surface area contributed by atoms with Crippen molar-refractivity contribution in [3.8, 4) is 11.5 Å². The molecule has 0 aliphatic rings. The predicted molar refractivity (Wildman–Crippen MR) is 64.3 cm³/mol. The molecular weight excluding hydrogens is 218 g/mol. The van der Waals surface area contributed by atoms with Gasteiger partial charge in [-0.25, -0.2) is 0 Å². The van der Waals surface area contributed by atoms with Crippen LogP contribution >= 0.6 is 0 Å². The summed E-state index contributed by atoms with van der Waals surface area (Å²) in [5.41, 5.74) is 1.08. The number of rotatable bonds is 3. The van der Waals surface area contributed by atoms with Gasteiger partial charge in [-0.1, -0.05) is 29.8 Å². The average molecular weight is 229 g/mol. The van der Waals surface area contributed by atoms with Crippen molar-refractivity contribution in [2.45, 2.75) is 6.92 Å². The molecule has 0 spiro atoms. The Morgan fingerprint density at radius 1 is 1.06 bits per heavy atom. The summed E-state index contributed by atoms with van der Waals surface area (Å²) in [6, 6.07) is 13.7. The van der Waals surface area contributed by atoms with Crippen molar-refractivity contribution in [2.24, 2.45) is 0 Å². The van der Waals surface area contributed by atoms with Gasteiger partial charge in [0.15, 0.2) is 0 Å². The van der Waals surface area contributed by atoms with E-state index < -0.39 is 4.92 Å². The van der Waals surface area contributed by atoms with Gasteiger partial charge in [0.05, 0.1) is 4.92 Å². The fourth-order valence-electron chi connectivity index (χ4n) is 1.43. The Kier molecular flexibility index (Phi) is 3.05. The van der Waals surface area contributed by atoms with Gasteiger partial charge in [-0.05, 0) is 25.1 Å². The molecule has 4 nitrogen and oxygen atoms in total. The second-order valence-electron chi connectivity index (χ2n) is 3.64. The molecule has 0 heterocycles. The Labute approximate surface area is 98.6 Å². The summed E-state index contributed by atoms with van der Waals surface area (Å²) < 4.78 is 5.48. The van der Waals surface area contributed by atoms with Crippen molar-refractivity contribution in [2.75, 3.05) is 0 Å². The monoisotopic (exact) mass is 229 g/mol. The van der Waals surface area contributed by atoms with Crippen molar-refractivity contribution < 1.29 is 9.66 Å². The molecule has 4 heteroatoms. The molecule has 2 aromatic carbocycles. The molecule has 0 unspecified atom stereocenters. The number of nitro groups is 1. The van der Waals surface area contributed by atoms with Gasteiger partial charge in [0.1, 0.15) is 5.75 Å². The van der Waals surface area contributed by atoms with E-state index in [2.05, 4.69) is 0 Å². The van der Waals surface area contributed by atoms with Gasteiger partial charge in [-0.3, -0.25) is 10.1 Å². The molecule has 0 amide bonds. The molecule has 0 fully saturated rings. The van der Waals surface area contributed by atoms with E-state index in [0.29, 0.717) is 5.75 Å². The minimum atomic E-state index is -0.455. The summed E-state index contributed by atoms with van der Waals surface area (Å²) in [7, 11) is 0. The van der Waals surface area contributed by atoms with E-state index in [0.717, 1.165) is 5.56 Å². The van der Waals surface area contributed by atoms with Crippen molar-refractivity contribution in [3.63, 3.8) is 0 Å². The van der Waals surface area contributed by atoms with E-state index in [4.69, 9.17) is 4.74 Å². The fraction of sp³-hybridized carbons (Fsp3) is 0.0769. The first-order chi connectivity index (χ1) is 8.16. The van der Waals surface area contributed by atoms with E-state index in [1.807, 2.05) is 19.1 Å². The third kappa shape index (κ3) is 2.60.